The van der Waals surface area contributed by atoms with Crippen molar-refractivity contribution in [1.82, 2.24) is 9.47 Å². The van der Waals surface area contributed by atoms with Crippen LogP contribution in [0.5, 0.6) is 0 Å². The fraction of sp³-hybridized carbons (Fsp3) is 0.471. The number of fused-ring (bicyclic) bond motifs is 3. The number of anilines is 1. The van der Waals surface area contributed by atoms with Crippen LogP contribution in [0.25, 0.3) is 5.69 Å². The molecule has 3 aromatic rings. The molecule has 2 amide bonds. The molecule has 0 aliphatic carbocycles. The van der Waals surface area contributed by atoms with E-state index in [0.717, 1.165) is 48.3 Å². The van der Waals surface area contributed by atoms with Gasteiger partial charge in [0.15, 0.2) is 0 Å². The topological polar surface area (TPSA) is 45.6 Å². The van der Waals surface area contributed by atoms with Gasteiger partial charge in [-0.2, -0.15) is 0 Å². The zero-order valence-corrected chi connectivity index (χ0v) is 24.1. The van der Waals surface area contributed by atoms with Crippen LogP contribution in [0.15, 0.2) is 66.9 Å². The fourth-order valence-electron chi connectivity index (χ4n) is 5.60. The summed E-state index contributed by atoms with van der Waals surface area (Å²) in [6.07, 6.45) is 12.7. The van der Waals surface area contributed by atoms with Gasteiger partial charge in [-0.05, 0) is 49.6 Å². The van der Waals surface area contributed by atoms with E-state index >= 15 is 0 Å². The summed E-state index contributed by atoms with van der Waals surface area (Å²) in [5.41, 5.74) is 5.18. The smallest absolute Gasteiger partial charge is 0.247 e. The number of amides is 2. The van der Waals surface area contributed by atoms with E-state index in [0.29, 0.717) is 13.0 Å². The highest BCUT2D eigenvalue weighted by Gasteiger charge is 2.36. The molecule has 0 unspecified atom stereocenters. The van der Waals surface area contributed by atoms with Gasteiger partial charge >= 0.3 is 0 Å². The lowest BCUT2D eigenvalue weighted by Gasteiger charge is -2.39. The molecule has 0 radical (unpaired) electrons. The molecule has 2 heterocycles. The maximum Gasteiger partial charge on any atom is 0.247 e. The van der Waals surface area contributed by atoms with Gasteiger partial charge in [0, 0.05) is 19.2 Å². The SMILES string of the molecule is CCCCCCCCCC(=O)N(CCCC)CC(=O)N1c2ccccc2-n2cccc2[C@H]1c1ccc(C)cc1. The molecule has 1 aliphatic heterocycles. The number of nitrogens with zero attached hydrogens (tertiary/aromatic N) is 3. The predicted octanol–water partition coefficient (Wildman–Crippen LogP) is 7.99. The van der Waals surface area contributed by atoms with E-state index in [-0.39, 0.29) is 24.4 Å². The first-order chi connectivity index (χ1) is 19.0. The average Bonchev–Trinajstić information content (AvgIpc) is 3.44. The normalized spacial score (nSPS) is 14.1. The van der Waals surface area contributed by atoms with Crippen LogP contribution in [0.2, 0.25) is 0 Å². The standard InChI is InChI=1S/C34H45N3O2/c1-4-6-8-9-10-11-12-19-32(38)35(24-7-5-2)26-33(39)37-30-17-14-13-16-29(30)36-25-15-18-31(36)34(37)28-22-20-27(3)21-23-28/h13-18,20-23,25,34H,4-12,19,24,26H2,1-3H3/t34-/m1/s1. The first kappa shape index (κ1) is 28.7. The van der Waals surface area contributed by atoms with Crippen LogP contribution < -0.4 is 4.90 Å². The van der Waals surface area contributed by atoms with Gasteiger partial charge in [0.05, 0.1) is 17.1 Å². The number of aryl methyl sites for hydroxylation is 1. The Kier molecular flexibility index (Phi) is 10.4. The molecule has 0 saturated heterocycles. The Hall–Kier alpha value is -3.34. The van der Waals surface area contributed by atoms with E-state index in [1.165, 1.54) is 37.7 Å². The molecule has 4 rings (SSSR count). The minimum absolute atomic E-state index is 0.0375. The van der Waals surface area contributed by atoms with Gasteiger partial charge in [0.25, 0.3) is 0 Å². The van der Waals surface area contributed by atoms with E-state index < -0.39 is 0 Å². The fourth-order valence-corrected chi connectivity index (χ4v) is 5.60. The molecule has 1 atom stereocenters. The molecular weight excluding hydrogens is 482 g/mol. The lowest BCUT2D eigenvalue weighted by atomic mass is 9.97. The predicted molar refractivity (Wildman–Crippen MR) is 160 cm³/mol. The van der Waals surface area contributed by atoms with Crippen molar-refractivity contribution in [3.63, 3.8) is 0 Å². The van der Waals surface area contributed by atoms with Gasteiger partial charge in [0.2, 0.25) is 11.8 Å². The Morgan fingerprint density at radius 1 is 0.769 bits per heavy atom. The van der Waals surface area contributed by atoms with Crippen LogP contribution in [0.4, 0.5) is 5.69 Å². The van der Waals surface area contributed by atoms with E-state index in [1.807, 2.05) is 34.1 Å². The summed E-state index contributed by atoms with van der Waals surface area (Å²) in [7, 11) is 0. The van der Waals surface area contributed by atoms with Crippen LogP contribution in [0.1, 0.15) is 101 Å². The van der Waals surface area contributed by atoms with Gasteiger partial charge in [-0.1, -0.05) is 101 Å². The van der Waals surface area contributed by atoms with Crippen LogP contribution >= 0.6 is 0 Å². The summed E-state index contributed by atoms with van der Waals surface area (Å²) in [6, 6.07) is 20.4. The zero-order valence-electron chi connectivity index (χ0n) is 24.1. The summed E-state index contributed by atoms with van der Waals surface area (Å²) in [5.74, 6) is 0.0652. The van der Waals surface area contributed by atoms with E-state index in [2.05, 4.69) is 67.9 Å². The molecule has 0 saturated carbocycles. The Balaban J connectivity index is 1.55. The van der Waals surface area contributed by atoms with Crippen LogP contribution in [-0.4, -0.2) is 34.4 Å². The molecule has 208 valence electrons. The lowest BCUT2D eigenvalue weighted by Crippen LogP contribution is -2.47. The van der Waals surface area contributed by atoms with Crippen LogP contribution in [0.3, 0.4) is 0 Å². The zero-order chi connectivity index (χ0) is 27.6. The second-order valence-electron chi connectivity index (χ2n) is 10.9. The van der Waals surface area contributed by atoms with Gasteiger partial charge in [-0.25, -0.2) is 0 Å². The maximum atomic E-state index is 14.2. The number of benzene rings is 2. The quantitative estimate of drug-likeness (QED) is 0.199. The molecule has 2 aromatic carbocycles. The molecular formula is C34H45N3O2. The molecule has 0 N–H and O–H groups in total. The van der Waals surface area contributed by atoms with Crippen LogP contribution in [-0.2, 0) is 9.59 Å². The summed E-state index contributed by atoms with van der Waals surface area (Å²) in [5, 5.41) is 0. The summed E-state index contributed by atoms with van der Waals surface area (Å²) in [4.78, 5) is 31.3. The molecule has 1 aliphatic rings. The van der Waals surface area contributed by atoms with Crippen molar-refractivity contribution in [2.24, 2.45) is 0 Å². The Labute approximate surface area is 234 Å². The molecule has 0 fully saturated rings. The van der Waals surface area contributed by atoms with Crippen molar-refractivity contribution in [1.29, 1.82) is 0 Å². The molecule has 5 heteroatoms. The first-order valence-electron chi connectivity index (χ1n) is 15.0. The largest absolute Gasteiger partial charge is 0.333 e. The van der Waals surface area contributed by atoms with Gasteiger partial charge < -0.3 is 9.47 Å². The molecule has 5 nitrogen and oxygen atoms in total. The Bertz CT molecular complexity index is 1210. The Morgan fingerprint density at radius 2 is 1.44 bits per heavy atom. The number of para-hydroxylation sites is 2. The molecule has 0 bridgehead atoms. The number of hydrogen-bond donors (Lipinski definition) is 0. The highest BCUT2D eigenvalue weighted by Crippen LogP contribution is 2.42. The van der Waals surface area contributed by atoms with Crippen molar-refractivity contribution >= 4 is 17.5 Å². The van der Waals surface area contributed by atoms with Crippen molar-refractivity contribution in [3.05, 3.63) is 83.7 Å². The monoisotopic (exact) mass is 527 g/mol. The third kappa shape index (κ3) is 7.00. The molecule has 1 aromatic heterocycles. The van der Waals surface area contributed by atoms with Gasteiger partial charge in [-0.3, -0.25) is 14.5 Å². The number of carbonyl (C=O) groups is 2. The van der Waals surface area contributed by atoms with Gasteiger partial charge in [0.1, 0.15) is 12.6 Å². The molecule has 0 spiro atoms. The lowest BCUT2D eigenvalue weighted by molar-refractivity contribution is -0.135. The number of rotatable bonds is 14. The summed E-state index contributed by atoms with van der Waals surface area (Å²) < 4.78 is 2.18. The summed E-state index contributed by atoms with van der Waals surface area (Å²) >= 11 is 0. The van der Waals surface area contributed by atoms with Crippen molar-refractivity contribution in [2.75, 3.05) is 18.0 Å². The molecule has 39 heavy (non-hydrogen) atoms. The number of aromatic nitrogens is 1. The Morgan fingerprint density at radius 3 is 2.15 bits per heavy atom. The average molecular weight is 528 g/mol. The van der Waals surface area contributed by atoms with E-state index in [4.69, 9.17) is 0 Å². The van der Waals surface area contributed by atoms with Crippen molar-refractivity contribution < 1.29 is 9.59 Å². The summed E-state index contributed by atoms with van der Waals surface area (Å²) in [6.45, 7) is 7.16. The highest BCUT2D eigenvalue weighted by molar-refractivity contribution is 6.00. The third-order valence-corrected chi connectivity index (χ3v) is 7.84. The van der Waals surface area contributed by atoms with E-state index in [1.54, 1.807) is 0 Å². The van der Waals surface area contributed by atoms with Crippen molar-refractivity contribution in [3.8, 4) is 5.69 Å². The second kappa shape index (κ2) is 14.2. The number of hydrogen-bond acceptors (Lipinski definition) is 2. The maximum absolute atomic E-state index is 14.2. The minimum atomic E-state index is -0.255. The minimum Gasteiger partial charge on any atom is -0.333 e. The van der Waals surface area contributed by atoms with Gasteiger partial charge in [-0.15, -0.1) is 0 Å². The second-order valence-corrected chi connectivity index (χ2v) is 10.9. The highest BCUT2D eigenvalue weighted by atomic mass is 16.2. The number of unbranched alkanes of at least 4 members (excludes halogenated alkanes) is 7. The third-order valence-electron chi connectivity index (χ3n) is 7.84. The van der Waals surface area contributed by atoms with E-state index in [9.17, 15) is 9.59 Å². The van der Waals surface area contributed by atoms with Crippen molar-refractivity contribution in [2.45, 2.75) is 91.0 Å². The van der Waals surface area contributed by atoms with Crippen LogP contribution in [0, 0.1) is 6.92 Å². The number of carbonyl (C=O) groups excluding carboxylic acids is 2. The first-order valence-corrected chi connectivity index (χ1v) is 15.0.